The quantitative estimate of drug-likeness (QED) is 0.904. The van der Waals surface area contributed by atoms with Crippen molar-refractivity contribution in [1.82, 2.24) is 9.62 Å². The van der Waals surface area contributed by atoms with Crippen molar-refractivity contribution < 1.29 is 8.42 Å². The molecule has 0 unspecified atom stereocenters. The van der Waals surface area contributed by atoms with Gasteiger partial charge in [-0.2, -0.15) is 4.31 Å². The lowest BCUT2D eigenvalue weighted by atomic mass is 10.0. The monoisotopic (exact) mass is 302 g/mol. The van der Waals surface area contributed by atoms with Crippen LogP contribution in [-0.2, 0) is 16.4 Å². The molecule has 1 saturated heterocycles. The predicted octanol–water partition coefficient (Wildman–Crippen LogP) is 1.93. The van der Waals surface area contributed by atoms with Crippen molar-refractivity contribution in [2.24, 2.45) is 5.92 Å². The third kappa shape index (κ3) is 3.56. The molecule has 0 saturated carbocycles. The summed E-state index contributed by atoms with van der Waals surface area (Å²) in [5.74, 6) is 0.640. The van der Waals surface area contributed by atoms with Crippen LogP contribution in [0.2, 0.25) is 0 Å². The van der Waals surface area contributed by atoms with E-state index in [1.165, 1.54) is 11.3 Å². The second-order valence-electron chi connectivity index (χ2n) is 5.16. The molecule has 1 N–H and O–H groups in total. The number of piperidine rings is 1. The van der Waals surface area contributed by atoms with Crippen LogP contribution in [0.3, 0.4) is 0 Å². The first-order valence-electron chi connectivity index (χ1n) is 6.77. The van der Waals surface area contributed by atoms with E-state index in [1.54, 1.807) is 10.4 Å². The van der Waals surface area contributed by atoms with Gasteiger partial charge in [-0.1, -0.05) is 6.92 Å². The van der Waals surface area contributed by atoms with Crippen LogP contribution in [0.1, 0.15) is 24.6 Å². The maximum atomic E-state index is 12.5. The van der Waals surface area contributed by atoms with Gasteiger partial charge in [0, 0.05) is 18.0 Å². The number of thiophene rings is 1. The zero-order valence-corrected chi connectivity index (χ0v) is 13.2. The minimum Gasteiger partial charge on any atom is -0.319 e. The first-order valence-corrected chi connectivity index (χ1v) is 9.03. The molecule has 0 radical (unpaired) electrons. The van der Waals surface area contributed by atoms with Gasteiger partial charge in [-0.25, -0.2) is 8.42 Å². The summed E-state index contributed by atoms with van der Waals surface area (Å²) in [7, 11) is -1.36. The second kappa shape index (κ2) is 6.35. The molecule has 6 heteroatoms. The van der Waals surface area contributed by atoms with Gasteiger partial charge in [-0.3, -0.25) is 0 Å². The van der Waals surface area contributed by atoms with Crippen LogP contribution in [-0.4, -0.2) is 39.4 Å². The summed E-state index contributed by atoms with van der Waals surface area (Å²) in [6.45, 7) is 4.38. The molecule has 1 fully saturated rings. The maximum Gasteiger partial charge on any atom is 0.252 e. The van der Waals surface area contributed by atoms with E-state index in [1.807, 2.05) is 13.1 Å². The lowest BCUT2D eigenvalue weighted by Crippen LogP contribution is -2.37. The number of nitrogens with one attached hydrogen (secondary N) is 1. The third-order valence-electron chi connectivity index (χ3n) is 3.60. The van der Waals surface area contributed by atoms with Gasteiger partial charge in [0.25, 0.3) is 10.0 Å². The number of sulfonamides is 1. The van der Waals surface area contributed by atoms with Crippen molar-refractivity contribution in [3.05, 3.63) is 17.0 Å². The number of nitrogens with zero attached hydrogens (tertiary/aromatic N) is 1. The van der Waals surface area contributed by atoms with E-state index < -0.39 is 10.0 Å². The zero-order valence-electron chi connectivity index (χ0n) is 11.6. The lowest BCUT2D eigenvalue weighted by molar-refractivity contribution is 0.288. The number of likely N-dealkylation sites (N-methyl/N-ethyl adjacent to an activating group) is 1. The van der Waals surface area contributed by atoms with Gasteiger partial charge in [-0.15, -0.1) is 11.3 Å². The van der Waals surface area contributed by atoms with Gasteiger partial charge >= 0.3 is 0 Å². The summed E-state index contributed by atoms with van der Waals surface area (Å²) in [5, 5.41) is 3.08. The summed E-state index contributed by atoms with van der Waals surface area (Å²) >= 11 is 1.40. The molecule has 0 spiro atoms. The van der Waals surface area contributed by atoms with Crippen molar-refractivity contribution in [3.8, 4) is 0 Å². The largest absolute Gasteiger partial charge is 0.319 e. The normalized spacial score (nSPS) is 18.8. The van der Waals surface area contributed by atoms with Crippen molar-refractivity contribution in [2.75, 3.05) is 26.7 Å². The number of hydrogen-bond donors (Lipinski definition) is 1. The Balaban J connectivity index is 2.08. The van der Waals surface area contributed by atoms with Crippen LogP contribution >= 0.6 is 11.3 Å². The number of hydrogen-bond acceptors (Lipinski definition) is 4. The predicted molar refractivity (Wildman–Crippen MR) is 79.1 cm³/mol. The van der Waals surface area contributed by atoms with Gasteiger partial charge in [0.15, 0.2) is 0 Å². The molecule has 2 rings (SSSR count). The van der Waals surface area contributed by atoms with Crippen molar-refractivity contribution >= 4 is 21.4 Å². The fraction of sp³-hybridized carbons (Fsp3) is 0.692. The molecule has 1 aromatic heterocycles. The summed E-state index contributed by atoms with van der Waals surface area (Å²) in [4.78, 5) is 1.12. The van der Waals surface area contributed by atoms with Crippen LogP contribution < -0.4 is 5.32 Å². The molecule has 1 aliphatic rings. The smallest absolute Gasteiger partial charge is 0.252 e. The van der Waals surface area contributed by atoms with E-state index in [0.717, 1.165) is 30.7 Å². The van der Waals surface area contributed by atoms with E-state index in [4.69, 9.17) is 0 Å². The summed E-state index contributed by atoms with van der Waals surface area (Å²) in [6.07, 6.45) is 2.82. The van der Waals surface area contributed by atoms with E-state index in [0.29, 0.717) is 23.2 Å². The molecule has 0 aromatic carbocycles. The molecule has 4 nitrogen and oxygen atoms in total. The Morgan fingerprint density at radius 3 is 2.68 bits per heavy atom. The van der Waals surface area contributed by atoms with Gasteiger partial charge in [0.05, 0.1) is 0 Å². The summed E-state index contributed by atoms with van der Waals surface area (Å²) < 4.78 is 27.1. The Morgan fingerprint density at radius 1 is 1.37 bits per heavy atom. The Kier molecular flexibility index (Phi) is 5.00. The molecule has 0 atom stereocenters. The lowest BCUT2D eigenvalue weighted by Gasteiger charge is -2.28. The van der Waals surface area contributed by atoms with Crippen LogP contribution in [0.25, 0.3) is 0 Å². The highest BCUT2D eigenvalue weighted by Gasteiger charge is 2.29. The Morgan fingerprint density at radius 2 is 2.05 bits per heavy atom. The minimum atomic E-state index is -3.26. The Bertz CT molecular complexity index is 502. The first-order chi connectivity index (χ1) is 9.04. The van der Waals surface area contributed by atoms with E-state index >= 15 is 0 Å². The van der Waals surface area contributed by atoms with Crippen LogP contribution in [0.4, 0.5) is 0 Å². The van der Waals surface area contributed by atoms with E-state index in [2.05, 4.69) is 12.2 Å². The highest BCUT2D eigenvalue weighted by molar-refractivity contribution is 7.91. The molecule has 2 heterocycles. The maximum absolute atomic E-state index is 12.5. The van der Waals surface area contributed by atoms with E-state index in [9.17, 15) is 8.42 Å². The van der Waals surface area contributed by atoms with Crippen molar-refractivity contribution in [3.63, 3.8) is 0 Å². The van der Waals surface area contributed by atoms with E-state index in [-0.39, 0.29) is 0 Å². The Labute approximate surface area is 119 Å². The van der Waals surface area contributed by atoms with Crippen molar-refractivity contribution in [2.45, 2.75) is 30.4 Å². The van der Waals surface area contributed by atoms with Gasteiger partial charge < -0.3 is 5.32 Å². The molecular weight excluding hydrogens is 280 g/mol. The van der Waals surface area contributed by atoms with Gasteiger partial charge in [0.1, 0.15) is 4.21 Å². The highest BCUT2D eigenvalue weighted by Crippen LogP contribution is 2.28. The van der Waals surface area contributed by atoms with Gasteiger partial charge in [-0.05, 0) is 50.9 Å². The summed E-state index contributed by atoms with van der Waals surface area (Å²) in [5.41, 5.74) is 0. The summed E-state index contributed by atoms with van der Waals surface area (Å²) in [6, 6.07) is 3.69. The molecule has 0 bridgehead atoms. The minimum absolute atomic E-state index is 0.494. The van der Waals surface area contributed by atoms with Crippen LogP contribution in [0, 0.1) is 5.92 Å². The fourth-order valence-corrected chi connectivity index (χ4v) is 5.21. The third-order valence-corrected chi connectivity index (χ3v) is 7.11. The van der Waals surface area contributed by atoms with Crippen molar-refractivity contribution in [1.29, 1.82) is 0 Å². The molecule has 19 heavy (non-hydrogen) atoms. The molecule has 1 aliphatic heterocycles. The fourth-order valence-electron chi connectivity index (χ4n) is 2.23. The van der Waals surface area contributed by atoms with Crippen LogP contribution in [0.5, 0.6) is 0 Å². The Hall–Kier alpha value is -0.430. The molecule has 1 aromatic rings. The topological polar surface area (TPSA) is 49.4 Å². The first kappa shape index (κ1) is 15.0. The van der Waals surface area contributed by atoms with Gasteiger partial charge in [0.2, 0.25) is 0 Å². The molecule has 0 aliphatic carbocycles. The molecular formula is C13H22N2O2S2. The standard InChI is InChI=1S/C13H22N2O2S2/c1-11-6-9-15(10-7-11)19(16,17)13-4-3-12(18-13)5-8-14-2/h3-4,11,14H,5-10H2,1-2H3. The highest BCUT2D eigenvalue weighted by atomic mass is 32.2. The average Bonchev–Trinajstić information content (AvgIpc) is 2.86. The second-order valence-corrected chi connectivity index (χ2v) is 8.49. The zero-order chi connectivity index (χ0) is 13.9. The average molecular weight is 302 g/mol. The number of rotatable bonds is 5. The van der Waals surface area contributed by atoms with Crippen LogP contribution in [0.15, 0.2) is 16.3 Å². The SMILES string of the molecule is CNCCc1ccc(S(=O)(=O)N2CCC(C)CC2)s1. The molecule has 108 valence electrons. The molecule has 0 amide bonds.